The number of halogens is 2. The van der Waals surface area contributed by atoms with E-state index in [1.54, 1.807) is 12.1 Å². The lowest BCUT2D eigenvalue weighted by atomic mass is 10.1. The molecule has 7 heteroatoms. The monoisotopic (exact) mass is 359 g/mol. The van der Waals surface area contributed by atoms with E-state index < -0.39 is 17.8 Å². The van der Waals surface area contributed by atoms with Gasteiger partial charge in [-0.1, -0.05) is 6.07 Å². The van der Waals surface area contributed by atoms with Gasteiger partial charge in [0.15, 0.2) is 0 Å². The Morgan fingerprint density at radius 3 is 2.90 bits per heavy atom. The van der Waals surface area contributed by atoms with Crippen molar-refractivity contribution in [1.82, 2.24) is 4.90 Å². The molecule has 0 bridgehead atoms. The predicted octanol–water partition coefficient (Wildman–Crippen LogP) is 1.83. The minimum atomic E-state index is -0.974. The number of carbonyl (C=O) groups is 2. The number of rotatable bonds is 4. The molecule has 0 saturated carbocycles. The van der Waals surface area contributed by atoms with Crippen LogP contribution in [-0.4, -0.2) is 47.7 Å². The highest BCUT2D eigenvalue weighted by Crippen LogP contribution is 2.18. The first-order valence-electron chi connectivity index (χ1n) is 6.50. The minimum absolute atomic E-state index is 0.0420. The van der Waals surface area contributed by atoms with Crippen LogP contribution >= 0.6 is 15.9 Å². The minimum Gasteiger partial charge on any atom is -0.481 e. The fraction of sp³-hybridized carbons (Fsp3) is 0.429. The van der Waals surface area contributed by atoms with Crippen LogP contribution in [-0.2, 0) is 20.7 Å². The van der Waals surface area contributed by atoms with Gasteiger partial charge in [0.1, 0.15) is 5.82 Å². The highest BCUT2D eigenvalue weighted by Gasteiger charge is 2.29. The molecule has 1 amide bonds. The summed E-state index contributed by atoms with van der Waals surface area (Å²) in [7, 11) is 0. The maximum atomic E-state index is 13.5. The molecule has 1 atom stereocenters. The molecular weight excluding hydrogens is 345 g/mol. The molecule has 5 nitrogen and oxygen atoms in total. The van der Waals surface area contributed by atoms with Gasteiger partial charge in [-0.2, -0.15) is 0 Å². The number of ether oxygens (including phenoxy) is 1. The number of amides is 1. The maximum absolute atomic E-state index is 13.5. The van der Waals surface area contributed by atoms with Crippen molar-refractivity contribution >= 4 is 27.8 Å². The summed E-state index contributed by atoms with van der Waals surface area (Å²) in [4.78, 5) is 24.6. The Morgan fingerprint density at radius 2 is 2.24 bits per heavy atom. The fourth-order valence-corrected chi connectivity index (χ4v) is 2.53. The molecule has 1 aliphatic heterocycles. The molecule has 1 N–H and O–H groups in total. The number of aliphatic carboxylic acids is 1. The van der Waals surface area contributed by atoms with Crippen molar-refractivity contribution in [2.75, 3.05) is 19.8 Å². The largest absolute Gasteiger partial charge is 0.481 e. The van der Waals surface area contributed by atoms with Crippen LogP contribution in [0.1, 0.15) is 12.0 Å². The quantitative estimate of drug-likeness (QED) is 0.890. The summed E-state index contributed by atoms with van der Waals surface area (Å²) in [5.41, 5.74) is 0.557. The zero-order valence-electron chi connectivity index (χ0n) is 11.2. The molecule has 0 aliphatic carbocycles. The first-order valence-corrected chi connectivity index (χ1v) is 7.29. The molecule has 1 fully saturated rings. The van der Waals surface area contributed by atoms with E-state index in [0.29, 0.717) is 23.2 Å². The Balaban J connectivity index is 2.06. The van der Waals surface area contributed by atoms with Crippen molar-refractivity contribution in [2.45, 2.75) is 18.9 Å². The third-order valence-corrected chi connectivity index (χ3v) is 3.94. The summed E-state index contributed by atoms with van der Waals surface area (Å²) in [5, 5.41) is 8.87. The number of nitrogens with zero attached hydrogens (tertiary/aromatic N) is 1. The highest BCUT2D eigenvalue weighted by atomic mass is 79.9. The Kier molecular flexibility index (Phi) is 5.30. The molecule has 1 aromatic carbocycles. The van der Waals surface area contributed by atoms with Gasteiger partial charge in [0.25, 0.3) is 0 Å². The van der Waals surface area contributed by atoms with Crippen molar-refractivity contribution in [2.24, 2.45) is 0 Å². The van der Waals surface area contributed by atoms with E-state index in [2.05, 4.69) is 15.9 Å². The number of carboxylic acid groups (broad SMARTS) is 1. The van der Waals surface area contributed by atoms with Crippen molar-refractivity contribution in [3.63, 3.8) is 0 Å². The number of hydrogen-bond donors (Lipinski definition) is 1. The molecule has 1 saturated heterocycles. The Hall–Kier alpha value is -1.47. The smallest absolute Gasteiger partial charge is 0.305 e. The van der Waals surface area contributed by atoms with E-state index in [1.807, 2.05) is 0 Å². The van der Waals surface area contributed by atoms with Gasteiger partial charge in [0, 0.05) is 6.54 Å². The summed E-state index contributed by atoms with van der Waals surface area (Å²) < 4.78 is 19.0. The molecule has 1 unspecified atom stereocenters. The molecule has 2 rings (SSSR count). The number of hydrogen-bond acceptors (Lipinski definition) is 3. The summed E-state index contributed by atoms with van der Waals surface area (Å²) >= 11 is 3.06. The average molecular weight is 360 g/mol. The van der Waals surface area contributed by atoms with Crippen LogP contribution in [0, 0.1) is 5.82 Å². The van der Waals surface area contributed by atoms with E-state index in [1.165, 1.54) is 11.0 Å². The van der Waals surface area contributed by atoms with Gasteiger partial charge in [0.2, 0.25) is 5.91 Å². The predicted molar refractivity (Wildman–Crippen MR) is 76.4 cm³/mol. The van der Waals surface area contributed by atoms with Crippen LogP contribution in [0.4, 0.5) is 4.39 Å². The second kappa shape index (κ2) is 7.00. The number of morpholine rings is 1. The molecule has 0 radical (unpaired) electrons. The van der Waals surface area contributed by atoms with Crippen molar-refractivity contribution in [3.8, 4) is 0 Å². The Bertz CT molecular complexity index is 552. The highest BCUT2D eigenvalue weighted by molar-refractivity contribution is 9.10. The summed E-state index contributed by atoms with van der Waals surface area (Å²) in [6.07, 6.45) is -0.110. The number of carboxylic acids is 1. The number of benzene rings is 1. The zero-order valence-corrected chi connectivity index (χ0v) is 12.8. The van der Waals surface area contributed by atoms with E-state index in [4.69, 9.17) is 9.84 Å². The maximum Gasteiger partial charge on any atom is 0.305 e. The van der Waals surface area contributed by atoms with Gasteiger partial charge >= 0.3 is 5.97 Å². The summed E-state index contributed by atoms with van der Waals surface area (Å²) in [5.74, 6) is -1.62. The number of carbonyl (C=O) groups excluding carboxylic acids is 1. The van der Waals surface area contributed by atoms with Crippen LogP contribution in [0.2, 0.25) is 0 Å². The van der Waals surface area contributed by atoms with Crippen LogP contribution in [0.15, 0.2) is 22.7 Å². The molecule has 0 aromatic heterocycles. The van der Waals surface area contributed by atoms with Crippen LogP contribution in [0.5, 0.6) is 0 Å². The molecule has 21 heavy (non-hydrogen) atoms. The summed E-state index contributed by atoms with van der Waals surface area (Å²) in [6.45, 7) is 0.957. The molecular formula is C14H15BrFNO4. The van der Waals surface area contributed by atoms with Gasteiger partial charge < -0.3 is 14.7 Å². The van der Waals surface area contributed by atoms with Gasteiger partial charge in [0.05, 0.1) is 36.6 Å². The fourth-order valence-electron chi connectivity index (χ4n) is 2.28. The van der Waals surface area contributed by atoms with Gasteiger partial charge in [-0.25, -0.2) is 4.39 Å². The molecule has 1 aliphatic rings. The first-order chi connectivity index (χ1) is 9.97. The normalized spacial score (nSPS) is 18.6. The van der Waals surface area contributed by atoms with Gasteiger partial charge in [-0.15, -0.1) is 0 Å². The second-order valence-electron chi connectivity index (χ2n) is 4.84. The van der Waals surface area contributed by atoms with Gasteiger partial charge in [-0.3, -0.25) is 9.59 Å². The summed E-state index contributed by atoms with van der Waals surface area (Å²) in [6, 6.07) is 4.04. The van der Waals surface area contributed by atoms with Crippen LogP contribution in [0.25, 0.3) is 0 Å². The topological polar surface area (TPSA) is 66.8 Å². The Labute approximate surface area is 129 Å². The van der Waals surface area contributed by atoms with E-state index in [0.717, 1.165) is 0 Å². The standard InChI is InChI=1S/C14H15BrFNO4/c15-11-2-1-9(5-12(11)16)6-13(18)17-3-4-21-8-10(17)7-14(19)20/h1-2,5,10H,3-4,6-8H2,(H,19,20). The lowest BCUT2D eigenvalue weighted by Gasteiger charge is -2.35. The van der Waals surface area contributed by atoms with E-state index >= 15 is 0 Å². The van der Waals surface area contributed by atoms with Gasteiger partial charge in [-0.05, 0) is 33.6 Å². The average Bonchev–Trinajstić information content (AvgIpc) is 2.43. The molecule has 0 spiro atoms. The molecule has 1 heterocycles. The van der Waals surface area contributed by atoms with Crippen molar-refractivity contribution < 1.29 is 23.8 Å². The van der Waals surface area contributed by atoms with E-state index in [9.17, 15) is 14.0 Å². The zero-order chi connectivity index (χ0) is 15.4. The third-order valence-electron chi connectivity index (χ3n) is 3.30. The van der Waals surface area contributed by atoms with Crippen LogP contribution in [0.3, 0.4) is 0 Å². The molecule has 1 aromatic rings. The van der Waals surface area contributed by atoms with Crippen LogP contribution < -0.4 is 0 Å². The van der Waals surface area contributed by atoms with Crippen molar-refractivity contribution in [3.05, 3.63) is 34.1 Å². The lowest BCUT2D eigenvalue weighted by Crippen LogP contribution is -2.50. The van der Waals surface area contributed by atoms with Crippen molar-refractivity contribution in [1.29, 1.82) is 0 Å². The Morgan fingerprint density at radius 1 is 1.48 bits per heavy atom. The second-order valence-corrected chi connectivity index (χ2v) is 5.69. The van der Waals surface area contributed by atoms with E-state index in [-0.39, 0.29) is 25.4 Å². The first kappa shape index (κ1) is 15.9. The lowest BCUT2D eigenvalue weighted by molar-refractivity contribution is -0.145. The SMILES string of the molecule is O=C(O)CC1COCCN1C(=O)Cc1ccc(Br)c(F)c1. The molecule has 114 valence electrons. The third kappa shape index (κ3) is 4.25.